The molecule has 54 valence electrons. The second kappa shape index (κ2) is 2.67. The van der Waals surface area contributed by atoms with Gasteiger partial charge in [0.2, 0.25) is 0 Å². The van der Waals surface area contributed by atoms with E-state index >= 15 is 0 Å². The first kappa shape index (κ1) is 7.03. The monoisotopic (exact) mass is 129 g/mol. The molecule has 0 radical (unpaired) electrons. The van der Waals surface area contributed by atoms with E-state index in [4.69, 9.17) is 4.74 Å². The Bertz CT molecular complexity index is 80.9. The molecule has 1 saturated carbocycles. The third-order valence-corrected chi connectivity index (χ3v) is 1.98. The van der Waals surface area contributed by atoms with Gasteiger partial charge in [-0.2, -0.15) is 7.05 Å². The van der Waals surface area contributed by atoms with Gasteiger partial charge < -0.3 is 10.1 Å². The van der Waals surface area contributed by atoms with Gasteiger partial charge in [0.15, 0.2) is 0 Å². The molecule has 0 unspecified atom stereocenters. The molecule has 0 heterocycles. The first-order valence-corrected chi connectivity index (χ1v) is 3.43. The smallest absolute Gasteiger partial charge is 0.0595 e. The van der Waals surface area contributed by atoms with Gasteiger partial charge in [0, 0.05) is 12.5 Å². The predicted octanol–water partition coefficient (Wildman–Crippen LogP) is -0.232. The van der Waals surface area contributed by atoms with Crippen molar-refractivity contribution in [2.24, 2.45) is 5.41 Å². The molecule has 0 spiro atoms. The zero-order valence-corrected chi connectivity index (χ0v) is 6.02. The summed E-state index contributed by atoms with van der Waals surface area (Å²) < 4.78 is 5.07. The molecular weight excluding hydrogens is 114 g/mol. The number of ether oxygens (including phenoxy) is 1. The molecule has 0 atom stereocenters. The fraction of sp³-hybridized carbons (Fsp3) is 0.857. The van der Waals surface area contributed by atoms with Crippen LogP contribution in [0.4, 0.5) is 0 Å². The van der Waals surface area contributed by atoms with E-state index in [1.807, 2.05) is 5.32 Å². The fourth-order valence-corrected chi connectivity index (χ4v) is 1.20. The van der Waals surface area contributed by atoms with Gasteiger partial charge in [-0.05, 0) is 12.8 Å². The highest BCUT2D eigenvalue weighted by Crippen LogP contribution is 2.44. The standard InChI is InChI=1S/C7H15NO/c1-8-5-7(3-4-7)6-9-2/h1,3-6,8H2,2H3. The lowest BCUT2D eigenvalue weighted by molar-refractivity contribution is -0.605. The fourth-order valence-electron chi connectivity index (χ4n) is 1.20. The highest BCUT2D eigenvalue weighted by molar-refractivity contribution is 4.91. The van der Waals surface area contributed by atoms with Gasteiger partial charge in [-0.1, -0.05) is 0 Å². The molecule has 9 heavy (non-hydrogen) atoms. The third kappa shape index (κ3) is 1.66. The van der Waals surface area contributed by atoms with E-state index in [9.17, 15) is 0 Å². The number of methoxy groups -OCH3 is 1. The minimum absolute atomic E-state index is 0.510. The van der Waals surface area contributed by atoms with Crippen molar-refractivity contribution < 1.29 is 10.1 Å². The summed E-state index contributed by atoms with van der Waals surface area (Å²) in [5.74, 6) is 0. The van der Waals surface area contributed by atoms with Crippen LogP contribution in [0.1, 0.15) is 12.8 Å². The zero-order chi connectivity index (χ0) is 6.74. The van der Waals surface area contributed by atoms with Gasteiger partial charge >= 0.3 is 0 Å². The maximum absolute atomic E-state index is 5.07. The van der Waals surface area contributed by atoms with Crippen LogP contribution >= 0.6 is 0 Å². The van der Waals surface area contributed by atoms with Crippen molar-refractivity contribution in [3.05, 3.63) is 7.05 Å². The summed E-state index contributed by atoms with van der Waals surface area (Å²) in [6.45, 7) is 2.04. The number of hydrogen-bond donors (Lipinski definition) is 1. The maximum atomic E-state index is 5.07. The van der Waals surface area contributed by atoms with Crippen LogP contribution < -0.4 is 5.32 Å². The SMILES string of the molecule is [CH2-][NH2+]CC1(COC)CC1. The van der Waals surface area contributed by atoms with E-state index in [1.165, 1.54) is 12.8 Å². The lowest BCUT2D eigenvalue weighted by atomic mass is 10.1. The van der Waals surface area contributed by atoms with Crippen LogP contribution in [0.2, 0.25) is 0 Å². The molecule has 0 saturated heterocycles. The van der Waals surface area contributed by atoms with Crippen LogP contribution in [0.25, 0.3) is 0 Å². The number of nitrogens with two attached hydrogens (primary N) is 1. The van der Waals surface area contributed by atoms with Gasteiger partial charge in [-0.3, -0.25) is 0 Å². The molecule has 0 amide bonds. The molecular formula is C7H15NO. The largest absolute Gasteiger partial charge is 0.478 e. The Kier molecular flexibility index (Phi) is 2.09. The maximum Gasteiger partial charge on any atom is 0.0595 e. The van der Waals surface area contributed by atoms with E-state index < -0.39 is 0 Å². The number of quaternary nitrogens is 1. The summed E-state index contributed by atoms with van der Waals surface area (Å²) in [6.07, 6.45) is 2.65. The van der Waals surface area contributed by atoms with Gasteiger partial charge in [0.1, 0.15) is 0 Å². The zero-order valence-electron chi connectivity index (χ0n) is 6.02. The molecule has 1 aliphatic rings. The highest BCUT2D eigenvalue weighted by Gasteiger charge is 2.43. The summed E-state index contributed by atoms with van der Waals surface area (Å²) in [7, 11) is 5.48. The summed E-state index contributed by atoms with van der Waals surface area (Å²) in [4.78, 5) is 0. The second-order valence-corrected chi connectivity index (χ2v) is 2.93. The summed E-state index contributed by atoms with van der Waals surface area (Å²) >= 11 is 0. The quantitative estimate of drug-likeness (QED) is 0.521. The van der Waals surface area contributed by atoms with Crippen molar-refractivity contribution in [3.63, 3.8) is 0 Å². The minimum Gasteiger partial charge on any atom is -0.478 e. The van der Waals surface area contributed by atoms with E-state index in [0.29, 0.717) is 5.41 Å². The summed E-state index contributed by atoms with van der Waals surface area (Å²) in [5, 5.41) is 1.99. The van der Waals surface area contributed by atoms with E-state index in [-0.39, 0.29) is 0 Å². The number of rotatable bonds is 4. The van der Waals surface area contributed by atoms with Crippen molar-refractivity contribution in [1.29, 1.82) is 0 Å². The molecule has 1 aliphatic carbocycles. The van der Waals surface area contributed by atoms with Crippen LogP contribution in [0, 0.1) is 12.5 Å². The predicted molar refractivity (Wildman–Crippen MR) is 35.7 cm³/mol. The Morgan fingerprint density at radius 1 is 1.67 bits per heavy atom. The molecule has 1 fully saturated rings. The van der Waals surface area contributed by atoms with E-state index in [2.05, 4.69) is 7.05 Å². The van der Waals surface area contributed by atoms with Gasteiger partial charge in [-0.25, -0.2) is 0 Å². The van der Waals surface area contributed by atoms with Crippen LogP contribution in [0.3, 0.4) is 0 Å². The molecule has 0 aromatic rings. The molecule has 2 nitrogen and oxygen atoms in total. The Balaban J connectivity index is 2.17. The molecule has 0 bridgehead atoms. The molecule has 0 aliphatic heterocycles. The Morgan fingerprint density at radius 3 is 2.67 bits per heavy atom. The van der Waals surface area contributed by atoms with Crippen LogP contribution in [-0.4, -0.2) is 20.3 Å². The van der Waals surface area contributed by atoms with Crippen LogP contribution in [-0.2, 0) is 4.74 Å². The van der Waals surface area contributed by atoms with Crippen LogP contribution in [0.5, 0.6) is 0 Å². The van der Waals surface area contributed by atoms with Gasteiger partial charge in [0.25, 0.3) is 0 Å². The molecule has 1 rings (SSSR count). The average molecular weight is 129 g/mol. The average Bonchev–Trinajstić information content (AvgIpc) is 2.51. The minimum atomic E-state index is 0.510. The molecule has 2 heteroatoms. The van der Waals surface area contributed by atoms with E-state index in [1.54, 1.807) is 7.11 Å². The topological polar surface area (TPSA) is 25.8 Å². The second-order valence-electron chi connectivity index (χ2n) is 2.93. The third-order valence-electron chi connectivity index (χ3n) is 1.98. The summed E-state index contributed by atoms with van der Waals surface area (Å²) in [5.41, 5.74) is 0.510. The van der Waals surface area contributed by atoms with Crippen molar-refractivity contribution >= 4 is 0 Å². The Morgan fingerprint density at radius 2 is 2.33 bits per heavy atom. The summed E-state index contributed by atoms with van der Waals surface area (Å²) in [6, 6.07) is 0. The van der Waals surface area contributed by atoms with Crippen LogP contribution in [0.15, 0.2) is 0 Å². The van der Waals surface area contributed by atoms with E-state index in [0.717, 1.165) is 13.2 Å². The molecule has 0 aromatic heterocycles. The first-order chi connectivity index (χ1) is 4.33. The lowest BCUT2D eigenvalue weighted by Gasteiger charge is -2.11. The number of hydrogen-bond acceptors (Lipinski definition) is 1. The van der Waals surface area contributed by atoms with Crippen molar-refractivity contribution in [3.8, 4) is 0 Å². The Labute approximate surface area is 56.6 Å². The van der Waals surface area contributed by atoms with Gasteiger partial charge in [0.05, 0.1) is 13.2 Å². The molecule has 0 aromatic carbocycles. The van der Waals surface area contributed by atoms with Crippen molar-refractivity contribution in [1.82, 2.24) is 0 Å². The first-order valence-electron chi connectivity index (χ1n) is 3.43. The highest BCUT2D eigenvalue weighted by atomic mass is 16.5. The van der Waals surface area contributed by atoms with Crippen molar-refractivity contribution in [2.45, 2.75) is 12.8 Å². The van der Waals surface area contributed by atoms with Gasteiger partial charge in [-0.15, -0.1) is 0 Å². The van der Waals surface area contributed by atoms with Crippen molar-refractivity contribution in [2.75, 3.05) is 20.3 Å². The Hall–Kier alpha value is -0.0800. The normalized spacial score (nSPS) is 22.0. The molecule has 2 N–H and O–H groups in total. The lowest BCUT2D eigenvalue weighted by Crippen LogP contribution is -2.79.